The van der Waals surface area contributed by atoms with E-state index in [1.165, 1.54) is 128 Å². The summed E-state index contributed by atoms with van der Waals surface area (Å²) in [5.74, 6) is -0.0740. The lowest BCUT2D eigenvalue weighted by molar-refractivity contribution is 0.0941. The van der Waals surface area contributed by atoms with Crippen molar-refractivity contribution in [2.75, 3.05) is 53.4 Å². The molecule has 0 aliphatic heterocycles. The quantitative estimate of drug-likeness (QED) is 0.0773. The Bertz CT molecular complexity index is 1030. The number of rotatable bonds is 31. The predicted octanol–water partition coefficient (Wildman–Crippen LogP) is 10.5. The van der Waals surface area contributed by atoms with E-state index < -0.39 is 0 Å². The zero-order chi connectivity index (χ0) is 36.1. The van der Waals surface area contributed by atoms with E-state index in [1.54, 1.807) is 0 Å². The van der Waals surface area contributed by atoms with E-state index in [0.717, 1.165) is 37.3 Å². The van der Waals surface area contributed by atoms with Gasteiger partial charge in [0.05, 0.1) is 0 Å². The summed E-state index contributed by atoms with van der Waals surface area (Å²) in [4.78, 5) is 30.1. The third-order valence-corrected chi connectivity index (χ3v) is 9.97. The smallest absolute Gasteiger partial charge is 0.251 e. The summed E-state index contributed by atoms with van der Waals surface area (Å²) in [7, 11) is 4.28. The van der Waals surface area contributed by atoms with Crippen LogP contribution < -0.4 is 10.6 Å². The normalized spacial score (nSPS) is 11.4. The van der Waals surface area contributed by atoms with E-state index in [2.05, 4.69) is 48.4 Å². The van der Waals surface area contributed by atoms with E-state index in [4.69, 9.17) is 0 Å². The number of carbonyl (C=O) groups excluding carboxylic acids is 2. The van der Waals surface area contributed by atoms with Crippen molar-refractivity contribution in [2.45, 2.75) is 142 Å². The highest BCUT2D eigenvalue weighted by Gasteiger charge is 2.09. The van der Waals surface area contributed by atoms with Crippen molar-refractivity contribution in [3.05, 3.63) is 59.7 Å². The maximum absolute atomic E-state index is 12.7. The minimum atomic E-state index is -0.0370. The number of hydrogen-bond donors (Lipinski definition) is 2. The number of nitrogens with one attached hydrogen (secondary N) is 2. The van der Waals surface area contributed by atoms with Crippen LogP contribution in [0.15, 0.2) is 48.5 Å². The Morgan fingerprint density at radius 3 is 1.00 bits per heavy atom. The fraction of sp³-hybridized carbons (Fsp3) is 0.682. The minimum absolute atomic E-state index is 0.0370. The van der Waals surface area contributed by atoms with E-state index in [9.17, 15) is 9.59 Å². The molecule has 2 aromatic rings. The monoisotopic (exact) mass is 691 g/mol. The standard InChI is InChI=1S/C44H74N4O2/c1-5-7-9-11-13-15-17-19-21-23-35-47(3)37-33-45-43(49)41-29-25-39(26-30-41)40-27-31-42(32-28-40)44(50)46-34-38-48(4)36-24-22-20-18-16-14-12-10-8-6-2/h25-32H,5-24,33-38H2,1-4H3,(H,45,49)(H,46,50). The molecule has 2 amide bonds. The molecule has 0 aliphatic carbocycles. The zero-order valence-corrected chi connectivity index (χ0v) is 32.7. The highest BCUT2D eigenvalue weighted by Crippen LogP contribution is 2.21. The molecule has 0 spiro atoms. The summed E-state index contributed by atoms with van der Waals surface area (Å²) in [5, 5.41) is 6.14. The molecule has 2 N–H and O–H groups in total. The van der Waals surface area contributed by atoms with Crippen LogP contribution in [0.5, 0.6) is 0 Å². The van der Waals surface area contributed by atoms with Crippen LogP contribution in [0.2, 0.25) is 0 Å². The first-order valence-corrected chi connectivity index (χ1v) is 20.6. The molecule has 2 rings (SSSR count). The van der Waals surface area contributed by atoms with Gasteiger partial charge in [0.1, 0.15) is 0 Å². The zero-order valence-electron chi connectivity index (χ0n) is 32.7. The van der Waals surface area contributed by atoms with Crippen molar-refractivity contribution in [1.29, 1.82) is 0 Å². The van der Waals surface area contributed by atoms with Crippen molar-refractivity contribution >= 4 is 11.8 Å². The molecule has 50 heavy (non-hydrogen) atoms. The molecular formula is C44H74N4O2. The van der Waals surface area contributed by atoms with Crippen LogP contribution in [-0.2, 0) is 0 Å². The summed E-state index contributed by atoms with van der Waals surface area (Å²) < 4.78 is 0. The second kappa shape index (κ2) is 28.9. The third-order valence-electron chi connectivity index (χ3n) is 9.97. The maximum Gasteiger partial charge on any atom is 0.251 e. The molecule has 2 aromatic carbocycles. The predicted molar refractivity (Wildman–Crippen MR) is 215 cm³/mol. The fourth-order valence-corrected chi connectivity index (χ4v) is 6.51. The second-order valence-corrected chi connectivity index (χ2v) is 14.6. The number of unbranched alkanes of at least 4 members (excludes halogenated alkanes) is 18. The van der Waals surface area contributed by atoms with Crippen molar-refractivity contribution < 1.29 is 9.59 Å². The molecule has 282 valence electrons. The number of benzene rings is 2. The highest BCUT2D eigenvalue weighted by molar-refractivity contribution is 5.95. The largest absolute Gasteiger partial charge is 0.351 e. The summed E-state index contributed by atoms with van der Waals surface area (Å²) in [6, 6.07) is 15.4. The SMILES string of the molecule is CCCCCCCCCCCCN(C)CCNC(=O)c1ccc(-c2ccc(C(=O)NCCN(C)CCCCCCCCCCCC)cc2)cc1. The Labute approximate surface area is 307 Å². The summed E-state index contributed by atoms with van der Waals surface area (Å²) in [6.45, 7) is 9.72. The molecule has 0 atom stereocenters. The van der Waals surface area contributed by atoms with Crippen molar-refractivity contribution in [3.63, 3.8) is 0 Å². The third kappa shape index (κ3) is 20.8. The highest BCUT2D eigenvalue weighted by atomic mass is 16.2. The Hall–Kier alpha value is -2.70. The van der Waals surface area contributed by atoms with Gasteiger partial charge in [-0.3, -0.25) is 9.59 Å². The Morgan fingerprint density at radius 2 is 0.700 bits per heavy atom. The van der Waals surface area contributed by atoms with Crippen molar-refractivity contribution in [1.82, 2.24) is 20.4 Å². The molecule has 0 saturated heterocycles. The average molecular weight is 691 g/mol. The van der Waals surface area contributed by atoms with Gasteiger partial charge in [0, 0.05) is 37.3 Å². The van der Waals surface area contributed by atoms with Crippen LogP contribution >= 0.6 is 0 Å². The Balaban J connectivity index is 1.56. The van der Waals surface area contributed by atoms with E-state index in [0.29, 0.717) is 24.2 Å². The summed E-state index contributed by atoms with van der Waals surface area (Å²) in [5.41, 5.74) is 3.39. The molecule has 0 bridgehead atoms. The molecule has 6 nitrogen and oxygen atoms in total. The molecule has 0 radical (unpaired) electrons. The Kier molecular flexibility index (Phi) is 25.2. The van der Waals surface area contributed by atoms with E-state index in [1.807, 2.05) is 48.5 Å². The lowest BCUT2D eigenvalue weighted by Crippen LogP contribution is -2.33. The number of carbonyl (C=O) groups is 2. The molecule has 0 aromatic heterocycles. The molecule has 0 aliphatic rings. The minimum Gasteiger partial charge on any atom is -0.351 e. The lowest BCUT2D eigenvalue weighted by atomic mass is 10.0. The maximum atomic E-state index is 12.7. The van der Waals surface area contributed by atoms with Gasteiger partial charge in [0.25, 0.3) is 11.8 Å². The van der Waals surface area contributed by atoms with Gasteiger partial charge in [-0.05, 0) is 75.4 Å². The van der Waals surface area contributed by atoms with Crippen LogP contribution in [0.3, 0.4) is 0 Å². The fourth-order valence-electron chi connectivity index (χ4n) is 6.51. The first-order valence-electron chi connectivity index (χ1n) is 20.6. The number of hydrogen-bond acceptors (Lipinski definition) is 4. The van der Waals surface area contributed by atoms with Crippen LogP contribution in [0.25, 0.3) is 11.1 Å². The van der Waals surface area contributed by atoms with Crippen LogP contribution in [0, 0.1) is 0 Å². The molecule has 6 heteroatoms. The van der Waals surface area contributed by atoms with Gasteiger partial charge < -0.3 is 20.4 Å². The number of nitrogens with zero attached hydrogens (tertiary/aromatic N) is 2. The van der Waals surface area contributed by atoms with Gasteiger partial charge >= 0.3 is 0 Å². The molecule has 0 saturated carbocycles. The first-order chi connectivity index (χ1) is 24.4. The van der Waals surface area contributed by atoms with Gasteiger partial charge in [-0.15, -0.1) is 0 Å². The number of likely N-dealkylation sites (N-methyl/N-ethyl adjacent to an activating group) is 2. The van der Waals surface area contributed by atoms with Crippen molar-refractivity contribution in [2.24, 2.45) is 0 Å². The van der Waals surface area contributed by atoms with Gasteiger partial charge in [-0.2, -0.15) is 0 Å². The van der Waals surface area contributed by atoms with Gasteiger partial charge in [0.15, 0.2) is 0 Å². The number of amides is 2. The molecule has 0 heterocycles. The summed E-state index contributed by atoms with van der Waals surface area (Å²) >= 11 is 0. The van der Waals surface area contributed by atoms with Crippen LogP contribution in [-0.4, -0.2) is 75.0 Å². The average Bonchev–Trinajstić information content (AvgIpc) is 3.13. The molecule has 0 fully saturated rings. The van der Waals surface area contributed by atoms with Gasteiger partial charge in [-0.1, -0.05) is 154 Å². The lowest BCUT2D eigenvalue weighted by Gasteiger charge is -2.17. The second-order valence-electron chi connectivity index (χ2n) is 14.6. The molecular weight excluding hydrogens is 617 g/mol. The van der Waals surface area contributed by atoms with Crippen molar-refractivity contribution in [3.8, 4) is 11.1 Å². The van der Waals surface area contributed by atoms with Crippen LogP contribution in [0.4, 0.5) is 0 Å². The first kappa shape index (κ1) is 43.5. The van der Waals surface area contributed by atoms with Crippen LogP contribution in [0.1, 0.15) is 163 Å². The van der Waals surface area contributed by atoms with E-state index >= 15 is 0 Å². The topological polar surface area (TPSA) is 64.7 Å². The van der Waals surface area contributed by atoms with E-state index in [-0.39, 0.29) is 11.8 Å². The van der Waals surface area contributed by atoms with Gasteiger partial charge in [0.2, 0.25) is 0 Å². The van der Waals surface area contributed by atoms with Gasteiger partial charge in [-0.25, -0.2) is 0 Å². The summed E-state index contributed by atoms with van der Waals surface area (Å²) in [6.07, 6.45) is 27.0. The Morgan fingerprint density at radius 1 is 0.420 bits per heavy atom. The molecule has 0 unspecified atom stereocenters.